The van der Waals surface area contributed by atoms with Crippen LogP contribution in [0.25, 0.3) is 0 Å². The van der Waals surface area contributed by atoms with Gasteiger partial charge in [0.2, 0.25) is 0 Å². The quantitative estimate of drug-likeness (QED) is 0.843. The van der Waals surface area contributed by atoms with Crippen LogP contribution >= 0.6 is 0 Å². The number of nitrogens with zero attached hydrogens (tertiary/aromatic N) is 1. The molecule has 1 aromatic carbocycles. The van der Waals surface area contributed by atoms with E-state index < -0.39 is 6.61 Å². The van der Waals surface area contributed by atoms with Crippen molar-refractivity contribution in [2.24, 2.45) is 5.92 Å². The van der Waals surface area contributed by atoms with Crippen molar-refractivity contribution in [1.82, 2.24) is 4.90 Å². The number of hydrogen-bond acceptors (Lipinski definition) is 2. The Hall–Kier alpha value is -1.65. The zero-order valence-corrected chi connectivity index (χ0v) is 10.8. The number of rotatable bonds is 3. The number of hydrogen-bond donors (Lipinski definition) is 0. The van der Waals surface area contributed by atoms with Crippen LogP contribution in [0.3, 0.4) is 0 Å². The Labute approximate surface area is 111 Å². The molecular formula is C14H17F2NO2. The minimum Gasteiger partial charge on any atom is -0.435 e. The van der Waals surface area contributed by atoms with Crippen molar-refractivity contribution >= 4 is 5.91 Å². The van der Waals surface area contributed by atoms with Crippen LogP contribution in [-0.2, 0) is 0 Å². The molecule has 2 rings (SSSR count). The minimum absolute atomic E-state index is 0.0194. The first-order valence-corrected chi connectivity index (χ1v) is 6.40. The lowest BCUT2D eigenvalue weighted by atomic mass is 9.99. The van der Waals surface area contributed by atoms with Gasteiger partial charge in [0.15, 0.2) is 0 Å². The fourth-order valence-corrected chi connectivity index (χ4v) is 2.36. The zero-order chi connectivity index (χ0) is 13.8. The van der Waals surface area contributed by atoms with Gasteiger partial charge in [-0.3, -0.25) is 4.79 Å². The molecule has 0 aromatic heterocycles. The molecule has 1 saturated heterocycles. The average Bonchev–Trinajstić information content (AvgIpc) is 2.37. The van der Waals surface area contributed by atoms with E-state index in [9.17, 15) is 13.6 Å². The zero-order valence-electron chi connectivity index (χ0n) is 10.8. The summed E-state index contributed by atoms with van der Waals surface area (Å²) in [6.45, 7) is 0.679. The third-order valence-corrected chi connectivity index (χ3v) is 3.25. The summed E-state index contributed by atoms with van der Waals surface area (Å²) in [7, 11) is 0. The van der Waals surface area contributed by atoms with Gasteiger partial charge in [-0.1, -0.05) is 13.0 Å². The Kier molecular flexibility index (Phi) is 4.35. The Morgan fingerprint density at radius 3 is 2.95 bits per heavy atom. The lowest BCUT2D eigenvalue weighted by Crippen LogP contribution is -2.39. The number of piperidine rings is 1. The van der Waals surface area contributed by atoms with Gasteiger partial charge < -0.3 is 9.64 Å². The molecule has 104 valence electrons. The summed E-state index contributed by atoms with van der Waals surface area (Å²) >= 11 is 0. The SMILES string of the molecule is CC1CCCN(C(=O)c2cccc(OC(F)F)c2)C1. The predicted molar refractivity (Wildman–Crippen MR) is 67.4 cm³/mol. The lowest BCUT2D eigenvalue weighted by Gasteiger charge is -2.31. The molecule has 5 heteroatoms. The van der Waals surface area contributed by atoms with E-state index in [0.717, 1.165) is 25.9 Å². The molecule has 0 saturated carbocycles. The summed E-state index contributed by atoms with van der Waals surface area (Å²) in [6, 6.07) is 5.97. The summed E-state index contributed by atoms with van der Waals surface area (Å²) in [5.74, 6) is 0.385. The molecular weight excluding hydrogens is 252 g/mol. The van der Waals surface area contributed by atoms with Gasteiger partial charge in [-0.05, 0) is 37.0 Å². The first-order valence-electron chi connectivity index (χ1n) is 6.40. The molecule has 1 fully saturated rings. The molecule has 1 amide bonds. The van der Waals surface area contributed by atoms with Gasteiger partial charge in [0.05, 0.1) is 0 Å². The Morgan fingerprint density at radius 1 is 1.47 bits per heavy atom. The van der Waals surface area contributed by atoms with Crippen molar-refractivity contribution in [3.05, 3.63) is 29.8 Å². The minimum atomic E-state index is -2.87. The molecule has 1 aromatic rings. The number of halogens is 2. The van der Waals surface area contributed by atoms with E-state index in [-0.39, 0.29) is 11.7 Å². The van der Waals surface area contributed by atoms with Crippen LogP contribution in [0.15, 0.2) is 24.3 Å². The third kappa shape index (κ3) is 3.66. The normalized spacial score (nSPS) is 19.6. The largest absolute Gasteiger partial charge is 0.435 e. The number of amides is 1. The van der Waals surface area contributed by atoms with Crippen molar-refractivity contribution in [1.29, 1.82) is 0 Å². The van der Waals surface area contributed by atoms with Gasteiger partial charge >= 0.3 is 6.61 Å². The second-order valence-electron chi connectivity index (χ2n) is 4.90. The molecule has 1 atom stereocenters. The third-order valence-electron chi connectivity index (χ3n) is 3.25. The maximum Gasteiger partial charge on any atom is 0.387 e. The molecule has 3 nitrogen and oxygen atoms in total. The van der Waals surface area contributed by atoms with Gasteiger partial charge in [0.25, 0.3) is 5.91 Å². The highest BCUT2D eigenvalue weighted by atomic mass is 19.3. The molecule has 0 bridgehead atoms. The van der Waals surface area contributed by atoms with Crippen molar-refractivity contribution < 1.29 is 18.3 Å². The smallest absolute Gasteiger partial charge is 0.387 e. The van der Waals surface area contributed by atoms with E-state index in [4.69, 9.17) is 0 Å². The summed E-state index contributed by atoms with van der Waals surface area (Å²) in [5, 5.41) is 0. The van der Waals surface area contributed by atoms with Gasteiger partial charge in [0.1, 0.15) is 5.75 Å². The summed E-state index contributed by atoms with van der Waals surface area (Å²) in [5.41, 5.74) is 0.396. The first-order chi connectivity index (χ1) is 9.06. The predicted octanol–water partition coefficient (Wildman–Crippen LogP) is 3.16. The molecule has 1 aliphatic rings. The number of carbonyl (C=O) groups is 1. The Bertz CT molecular complexity index is 451. The van der Waals surface area contributed by atoms with Crippen LogP contribution in [0.4, 0.5) is 8.78 Å². The van der Waals surface area contributed by atoms with Gasteiger partial charge in [0, 0.05) is 18.7 Å². The highest BCUT2D eigenvalue weighted by molar-refractivity contribution is 5.94. The molecule has 0 aliphatic carbocycles. The van der Waals surface area contributed by atoms with Crippen LogP contribution in [0.2, 0.25) is 0 Å². The van der Waals surface area contributed by atoms with E-state index in [2.05, 4.69) is 11.7 Å². The highest BCUT2D eigenvalue weighted by Crippen LogP contribution is 2.21. The lowest BCUT2D eigenvalue weighted by molar-refractivity contribution is -0.0499. The maximum absolute atomic E-state index is 12.3. The number of benzene rings is 1. The number of likely N-dealkylation sites (tertiary alicyclic amines) is 1. The van der Waals surface area contributed by atoms with E-state index in [1.165, 1.54) is 12.1 Å². The second kappa shape index (κ2) is 5.99. The number of ether oxygens (including phenoxy) is 1. The molecule has 0 N–H and O–H groups in total. The van der Waals surface area contributed by atoms with Gasteiger partial charge in [-0.25, -0.2) is 0 Å². The van der Waals surface area contributed by atoms with Gasteiger partial charge in [-0.15, -0.1) is 0 Å². The fraction of sp³-hybridized carbons (Fsp3) is 0.500. The summed E-state index contributed by atoms with van der Waals surface area (Å²) in [6.07, 6.45) is 2.11. The monoisotopic (exact) mass is 269 g/mol. The molecule has 19 heavy (non-hydrogen) atoms. The van der Waals surface area contributed by atoms with Crippen LogP contribution in [0.5, 0.6) is 5.75 Å². The Balaban J connectivity index is 2.10. The van der Waals surface area contributed by atoms with E-state index in [0.29, 0.717) is 11.5 Å². The highest BCUT2D eigenvalue weighted by Gasteiger charge is 2.22. The standard InChI is InChI=1S/C14H17F2NO2/c1-10-4-3-7-17(9-10)13(18)11-5-2-6-12(8-11)19-14(15)16/h2,5-6,8,10,14H,3-4,7,9H2,1H3. The maximum atomic E-state index is 12.3. The van der Waals surface area contributed by atoms with E-state index in [1.807, 2.05) is 0 Å². The molecule has 1 unspecified atom stereocenters. The number of alkyl halides is 2. The van der Waals surface area contributed by atoms with Crippen molar-refractivity contribution in [2.75, 3.05) is 13.1 Å². The summed E-state index contributed by atoms with van der Waals surface area (Å²) < 4.78 is 28.6. The average molecular weight is 269 g/mol. The van der Waals surface area contributed by atoms with Crippen LogP contribution in [-0.4, -0.2) is 30.5 Å². The molecule has 0 radical (unpaired) electrons. The van der Waals surface area contributed by atoms with Crippen molar-refractivity contribution in [3.63, 3.8) is 0 Å². The van der Waals surface area contributed by atoms with E-state index in [1.54, 1.807) is 17.0 Å². The van der Waals surface area contributed by atoms with E-state index >= 15 is 0 Å². The number of carbonyl (C=O) groups excluding carboxylic acids is 1. The van der Waals surface area contributed by atoms with Crippen LogP contribution < -0.4 is 4.74 Å². The fourth-order valence-electron chi connectivity index (χ4n) is 2.36. The molecule has 0 spiro atoms. The van der Waals surface area contributed by atoms with Crippen molar-refractivity contribution in [3.8, 4) is 5.75 Å². The second-order valence-corrected chi connectivity index (χ2v) is 4.90. The topological polar surface area (TPSA) is 29.5 Å². The molecule has 1 aliphatic heterocycles. The Morgan fingerprint density at radius 2 is 2.26 bits per heavy atom. The molecule has 1 heterocycles. The first kappa shape index (κ1) is 13.8. The van der Waals surface area contributed by atoms with Crippen LogP contribution in [0, 0.1) is 5.92 Å². The van der Waals surface area contributed by atoms with Crippen LogP contribution in [0.1, 0.15) is 30.1 Å². The van der Waals surface area contributed by atoms with Crippen molar-refractivity contribution in [2.45, 2.75) is 26.4 Å². The van der Waals surface area contributed by atoms with Gasteiger partial charge in [-0.2, -0.15) is 8.78 Å². The summed E-state index contributed by atoms with van der Waals surface area (Å²) in [4.78, 5) is 14.0.